The first kappa shape index (κ1) is 27.2. The van der Waals surface area contributed by atoms with Gasteiger partial charge < -0.3 is 10.1 Å². The van der Waals surface area contributed by atoms with Crippen LogP contribution in [0.1, 0.15) is 95.6 Å². The molecule has 0 saturated heterocycles. The topological polar surface area (TPSA) is 81.4 Å². The number of carbonyl (C=O) groups is 1. The second-order valence-corrected chi connectivity index (χ2v) is 12.4. The predicted octanol–water partition coefficient (Wildman–Crippen LogP) is 8.17. The average molecular weight is 550 g/mol. The van der Waals surface area contributed by atoms with Crippen molar-refractivity contribution in [2.45, 2.75) is 89.7 Å². The summed E-state index contributed by atoms with van der Waals surface area (Å²) in [5, 5.41) is 3.19. The Hall–Kier alpha value is -4.00. The molecule has 7 nitrogen and oxygen atoms in total. The molecule has 1 N–H and O–H groups in total. The molecule has 3 aromatic rings. The van der Waals surface area contributed by atoms with Crippen molar-refractivity contribution in [3.05, 3.63) is 78.4 Å². The fraction of sp³-hybridized carbons (Fsp3) is 0.412. The Morgan fingerprint density at radius 1 is 1.15 bits per heavy atom. The van der Waals surface area contributed by atoms with Gasteiger partial charge in [0.05, 0.1) is 34.2 Å². The van der Waals surface area contributed by atoms with E-state index in [2.05, 4.69) is 64.8 Å². The van der Waals surface area contributed by atoms with Gasteiger partial charge in [0.1, 0.15) is 11.4 Å². The lowest BCUT2D eigenvalue weighted by molar-refractivity contribution is 0.0377. The van der Waals surface area contributed by atoms with Crippen LogP contribution in [0.4, 0.5) is 10.6 Å². The Morgan fingerprint density at radius 3 is 2.56 bits per heavy atom. The van der Waals surface area contributed by atoms with E-state index >= 15 is 0 Å². The van der Waals surface area contributed by atoms with Gasteiger partial charge in [-0.2, -0.15) is 0 Å². The molecule has 41 heavy (non-hydrogen) atoms. The number of imidazole rings is 1. The molecule has 0 radical (unpaired) electrons. The molecule has 1 saturated carbocycles. The fourth-order valence-corrected chi connectivity index (χ4v) is 6.20. The Labute approximate surface area is 242 Å². The second-order valence-electron chi connectivity index (χ2n) is 12.4. The van der Waals surface area contributed by atoms with E-state index in [1.807, 2.05) is 32.9 Å². The number of pyridine rings is 1. The minimum atomic E-state index is -0.541. The van der Waals surface area contributed by atoms with Gasteiger partial charge >= 0.3 is 6.09 Å². The summed E-state index contributed by atoms with van der Waals surface area (Å²) < 4.78 is 7.85. The zero-order chi connectivity index (χ0) is 28.8. The maximum atomic E-state index is 12.7. The summed E-state index contributed by atoms with van der Waals surface area (Å²) in [7, 11) is 0. The summed E-state index contributed by atoms with van der Waals surface area (Å²) in [5.74, 6) is 1.56. The molecule has 1 aliphatic heterocycles. The molecule has 3 aliphatic rings. The molecule has 1 amide bonds. The quantitative estimate of drug-likeness (QED) is 0.348. The number of carbonyl (C=O) groups excluding carboxylic acids is 1. The first-order valence-electron chi connectivity index (χ1n) is 14.8. The predicted molar refractivity (Wildman–Crippen MR) is 164 cm³/mol. The number of amides is 1. The number of alkyl carbamates (subject to hydrolysis) is 1. The highest BCUT2D eigenvalue weighted by molar-refractivity contribution is 6.02. The zero-order valence-electron chi connectivity index (χ0n) is 24.5. The van der Waals surface area contributed by atoms with E-state index in [-0.39, 0.29) is 12.0 Å². The highest BCUT2D eigenvalue weighted by Gasteiger charge is 2.41. The Morgan fingerprint density at radius 2 is 1.93 bits per heavy atom. The van der Waals surface area contributed by atoms with Crippen LogP contribution in [0.3, 0.4) is 0 Å². The molecule has 1 fully saturated rings. The number of aliphatic imine (C=N–C) groups is 1. The molecule has 0 spiro atoms. The van der Waals surface area contributed by atoms with Crippen LogP contribution < -0.4 is 5.32 Å². The molecule has 0 bridgehead atoms. The minimum Gasteiger partial charge on any atom is -0.444 e. The molecule has 1 atom stereocenters. The summed E-state index contributed by atoms with van der Waals surface area (Å²) in [5.41, 5.74) is 6.40. The highest BCUT2D eigenvalue weighted by Crippen LogP contribution is 2.44. The van der Waals surface area contributed by atoms with Crippen molar-refractivity contribution < 1.29 is 9.53 Å². The maximum Gasteiger partial charge on any atom is 0.408 e. The van der Waals surface area contributed by atoms with E-state index in [1.54, 1.807) is 6.20 Å². The molecule has 212 valence electrons. The Kier molecular flexibility index (Phi) is 6.92. The molecule has 6 rings (SSSR count). The molecule has 1 unspecified atom stereocenters. The number of nitrogens with one attached hydrogen (secondary N) is 1. The number of allylic oxidation sites excluding steroid dienone is 3. The summed E-state index contributed by atoms with van der Waals surface area (Å²) in [4.78, 5) is 27.6. The first-order valence-corrected chi connectivity index (χ1v) is 14.8. The largest absolute Gasteiger partial charge is 0.444 e. The lowest BCUT2D eigenvalue weighted by atomic mass is 9.71. The third kappa shape index (κ3) is 5.03. The average Bonchev–Trinajstić information content (AvgIpc) is 3.29. The van der Waals surface area contributed by atoms with Gasteiger partial charge in [-0.1, -0.05) is 36.9 Å². The standard InChI is InChI=1S/C34H39N5O2/c1-6-26-22(2)31-37-28(23-12-8-7-9-13-23)29(39(31)27-14-10-21-35-30(27)36-26)24-15-17-25(18-16-24)34(19-11-20-34)38-32(40)41-33(3,4)5/h6,10,12,14-18,21-22H,1,7-9,11,13,19-20H2,2-5H3,(H,38,40). The lowest BCUT2D eigenvalue weighted by Gasteiger charge is -2.43. The van der Waals surface area contributed by atoms with E-state index in [1.165, 1.54) is 18.4 Å². The van der Waals surface area contributed by atoms with Crippen LogP contribution in [0.15, 0.2) is 66.3 Å². The molecule has 2 aromatic heterocycles. The van der Waals surface area contributed by atoms with Crippen LogP contribution in [0.2, 0.25) is 0 Å². The van der Waals surface area contributed by atoms with Crippen LogP contribution in [0.25, 0.3) is 22.5 Å². The number of nitrogens with zero attached hydrogens (tertiary/aromatic N) is 4. The van der Waals surface area contributed by atoms with Crippen molar-refractivity contribution in [2.24, 2.45) is 4.99 Å². The molecular weight excluding hydrogens is 510 g/mol. The minimum absolute atomic E-state index is 0.0473. The van der Waals surface area contributed by atoms with Crippen molar-refractivity contribution in [2.75, 3.05) is 0 Å². The van der Waals surface area contributed by atoms with Gasteiger partial charge in [0.25, 0.3) is 0 Å². The Balaban J connectivity index is 1.47. The molecule has 7 heteroatoms. The van der Waals surface area contributed by atoms with Gasteiger partial charge in [-0.05, 0) is 102 Å². The van der Waals surface area contributed by atoms with Gasteiger partial charge in [0, 0.05) is 11.8 Å². The number of hydrogen-bond donors (Lipinski definition) is 1. The van der Waals surface area contributed by atoms with Crippen LogP contribution in [0, 0.1) is 0 Å². The van der Waals surface area contributed by atoms with E-state index in [4.69, 9.17) is 14.7 Å². The van der Waals surface area contributed by atoms with Crippen LogP contribution in [-0.2, 0) is 10.3 Å². The first-order chi connectivity index (χ1) is 19.7. The number of aromatic nitrogens is 3. The van der Waals surface area contributed by atoms with Crippen molar-refractivity contribution in [1.82, 2.24) is 19.9 Å². The SMILES string of the molecule is C=CC1=Nc2ncccc2-n2c(nc(C3=CCCCC3)c2-c2ccc(C3(NC(=O)OC(C)(C)C)CCC3)cc2)C1C. The Bertz CT molecular complexity index is 1550. The molecule has 1 aromatic carbocycles. The van der Waals surface area contributed by atoms with Crippen LogP contribution in [-0.4, -0.2) is 31.9 Å². The number of fused-ring (bicyclic) bond motifs is 3. The van der Waals surface area contributed by atoms with Crippen molar-refractivity contribution >= 4 is 23.2 Å². The van der Waals surface area contributed by atoms with Gasteiger partial charge in [-0.15, -0.1) is 0 Å². The van der Waals surface area contributed by atoms with Crippen LogP contribution >= 0.6 is 0 Å². The van der Waals surface area contributed by atoms with Crippen molar-refractivity contribution in [3.63, 3.8) is 0 Å². The van der Waals surface area contributed by atoms with E-state index in [0.29, 0.717) is 5.82 Å². The third-order valence-electron chi connectivity index (χ3n) is 8.44. The van der Waals surface area contributed by atoms with Gasteiger partial charge in [0.15, 0.2) is 5.82 Å². The van der Waals surface area contributed by atoms with E-state index < -0.39 is 11.1 Å². The summed E-state index contributed by atoms with van der Waals surface area (Å²) in [6.07, 6.45) is 12.9. The zero-order valence-corrected chi connectivity index (χ0v) is 24.5. The number of benzene rings is 1. The van der Waals surface area contributed by atoms with E-state index in [0.717, 1.165) is 71.8 Å². The van der Waals surface area contributed by atoms with Gasteiger partial charge in [0.2, 0.25) is 0 Å². The fourth-order valence-electron chi connectivity index (χ4n) is 6.20. The van der Waals surface area contributed by atoms with Crippen LogP contribution in [0.5, 0.6) is 0 Å². The summed E-state index contributed by atoms with van der Waals surface area (Å²) >= 11 is 0. The highest BCUT2D eigenvalue weighted by atomic mass is 16.6. The van der Waals surface area contributed by atoms with Gasteiger partial charge in [-0.25, -0.2) is 19.8 Å². The number of hydrogen-bond acceptors (Lipinski definition) is 5. The van der Waals surface area contributed by atoms with Gasteiger partial charge in [-0.3, -0.25) is 4.57 Å². The lowest BCUT2D eigenvalue weighted by Crippen LogP contribution is -2.52. The summed E-state index contributed by atoms with van der Waals surface area (Å²) in [6, 6.07) is 12.7. The maximum absolute atomic E-state index is 12.7. The van der Waals surface area contributed by atoms with Crippen molar-refractivity contribution in [3.8, 4) is 16.9 Å². The molecule has 3 heterocycles. The van der Waals surface area contributed by atoms with Crippen molar-refractivity contribution in [1.29, 1.82) is 0 Å². The monoisotopic (exact) mass is 549 g/mol. The van der Waals surface area contributed by atoms with E-state index in [9.17, 15) is 4.79 Å². The molecule has 2 aliphatic carbocycles. The number of ether oxygens (including phenoxy) is 1. The normalized spacial score (nSPS) is 19.5. The third-order valence-corrected chi connectivity index (χ3v) is 8.44. The number of rotatable bonds is 5. The molecular formula is C34H39N5O2. The summed E-state index contributed by atoms with van der Waals surface area (Å²) in [6.45, 7) is 11.8. The smallest absolute Gasteiger partial charge is 0.408 e. The second kappa shape index (κ2) is 10.4.